The Hall–Kier alpha value is -1.42. The van der Waals surface area contributed by atoms with Gasteiger partial charge in [0.15, 0.2) is 12.4 Å². The third kappa shape index (κ3) is 22.4. The number of carbonyl (C=O) groups is 2. The molecule has 2 aliphatic rings. The van der Waals surface area contributed by atoms with E-state index in [0.29, 0.717) is 12.8 Å². The van der Waals surface area contributed by atoms with E-state index in [0.717, 1.165) is 56.8 Å². The molecule has 1 heterocycles. The van der Waals surface area contributed by atoms with E-state index in [4.69, 9.17) is 18.9 Å². The Balaban J connectivity index is 1.82. The summed E-state index contributed by atoms with van der Waals surface area (Å²) in [6.45, 7) is 8.71. The zero-order chi connectivity index (χ0) is 45.0. The zero-order valence-corrected chi connectivity index (χ0v) is 38.6. The van der Waals surface area contributed by atoms with Gasteiger partial charge in [0.25, 0.3) is 0 Å². The lowest BCUT2D eigenvalue weighted by atomic mass is 9.84. The molecule has 0 amide bonds. The number of rotatable bonds is 35. The summed E-state index contributed by atoms with van der Waals surface area (Å²) >= 11 is 0. The molecule has 2 fully saturated rings. The topological polar surface area (TPSA) is 213 Å². The Morgan fingerprint density at radius 2 is 0.820 bits per heavy atom. The fraction of sp³-hybridized carbons (Fsp3) is 0.958. The molecule has 0 spiro atoms. The number of esters is 2. The lowest BCUT2D eigenvalue weighted by Gasteiger charge is -2.46. The smallest absolute Gasteiger partial charge is 0.306 e. The minimum absolute atomic E-state index is 0.0812. The fourth-order valence-corrected chi connectivity index (χ4v) is 8.69. The quantitative estimate of drug-likeness (QED) is 0.0246. The highest BCUT2D eigenvalue weighted by atomic mass is 16.7. The number of unbranched alkanes of at least 4 members (excludes halogenated alkanes) is 18. The summed E-state index contributed by atoms with van der Waals surface area (Å²) in [5.74, 6) is 0.391. The highest BCUT2D eigenvalue weighted by Gasteiger charge is 2.53. The van der Waals surface area contributed by atoms with Gasteiger partial charge in [-0.25, -0.2) is 0 Å². The lowest BCUT2D eigenvalue weighted by Crippen LogP contribution is -2.67. The molecule has 13 nitrogen and oxygen atoms in total. The van der Waals surface area contributed by atoms with Crippen molar-refractivity contribution < 1.29 is 64.3 Å². The second-order valence-electron chi connectivity index (χ2n) is 18.7. The van der Waals surface area contributed by atoms with Gasteiger partial charge in [-0.2, -0.15) is 0 Å². The van der Waals surface area contributed by atoms with Gasteiger partial charge in [0.2, 0.25) is 0 Å². The van der Waals surface area contributed by atoms with Crippen molar-refractivity contribution in [2.75, 3.05) is 6.61 Å². The standard InChI is InChI=1S/C48H90O13/c1-5-7-9-11-16-22-28-35(4)30-24-18-15-20-25-31-37(49)58-33-36-46(44(56)45(57)48(59-36)61-47-42(54)40(52)39(51)41(53)43(47)55)60-38(50)32-26-19-14-12-13-17-23-29-34(3)27-21-10-8-6-2/h34-36,39-48,51-57H,5-33H2,1-4H3. The van der Waals surface area contributed by atoms with E-state index in [-0.39, 0.29) is 12.8 Å². The molecule has 1 aliphatic heterocycles. The van der Waals surface area contributed by atoms with Crippen LogP contribution in [0.2, 0.25) is 0 Å². The molecule has 61 heavy (non-hydrogen) atoms. The van der Waals surface area contributed by atoms with E-state index in [1.54, 1.807) is 0 Å². The van der Waals surface area contributed by atoms with Gasteiger partial charge in [-0.3, -0.25) is 9.59 Å². The molecular formula is C48H90O13. The molecule has 0 radical (unpaired) electrons. The lowest BCUT2D eigenvalue weighted by molar-refractivity contribution is -0.340. The van der Waals surface area contributed by atoms with Crippen molar-refractivity contribution in [2.45, 2.75) is 275 Å². The number of hydrogen-bond acceptors (Lipinski definition) is 13. The van der Waals surface area contributed by atoms with Crippen LogP contribution in [-0.4, -0.2) is 122 Å². The van der Waals surface area contributed by atoms with Crippen LogP contribution in [0, 0.1) is 11.8 Å². The molecule has 1 saturated carbocycles. The molecule has 360 valence electrons. The normalized spacial score (nSPS) is 29.0. The summed E-state index contributed by atoms with van der Waals surface area (Å²) in [7, 11) is 0. The van der Waals surface area contributed by atoms with Crippen LogP contribution in [-0.2, 0) is 28.5 Å². The first-order chi connectivity index (χ1) is 29.3. The maximum Gasteiger partial charge on any atom is 0.306 e. The molecule has 1 aliphatic carbocycles. The van der Waals surface area contributed by atoms with Crippen molar-refractivity contribution in [2.24, 2.45) is 11.8 Å². The minimum Gasteiger partial charge on any atom is -0.463 e. The number of hydrogen-bond donors (Lipinski definition) is 7. The van der Waals surface area contributed by atoms with Gasteiger partial charge in [-0.15, -0.1) is 0 Å². The Kier molecular flexibility index (Phi) is 30.2. The first kappa shape index (κ1) is 55.7. The molecule has 11 atom stereocenters. The van der Waals surface area contributed by atoms with E-state index in [2.05, 4.69) is 27.7 Å². The fourth-order valence-electron chi connectivity index (χ4n) is 8.69. The molecular weight excluding hydrogens is 785 g/mol. The minimum atomic E-state index is -1.89. The van der Waals surface area contributed by atoms with Gasteiger partial charge in [0.1, 0.15) is 61.5 Å². The monoisotopic (exact) mass is 875 g/mol. The second kappa shape index (κ2) is 33.1. The van der Waals surface area contributed by atoms with Crippen LogP contribution < -0.4 is 0 Å². The van der Waals surface area contributed by atoms with Crippen molar-refractivity contribution in [3.8, 4) is 0 Å². The molecule has 0 aromatic heterocycles. The highest BCUT2D eigenvalue weighted by molar-refractivity contribution is 5.70. The van der Waals surface area contributed by atoms with Gasteiger partial charge in [0.05, 0.1) is 0 Å². The molecule has 7 N–H and O–H groups in total. The van der Waals surface area contributed by atoms with Crippen LogP contribution in [0.25, 0.3) is 0 Å². The largest absolute Gasteiger partial charge is 0.463 e. The first-order valence-corrected chi connectivity index (χ1v) is 24.7. The first-order valence-electron chi connectivity index (χ1n) is 24.7. The molecule has 0 bridgehead atoms. The molecule has 13 heteroatoms. The molecule has 0 aromatic carbocycles. The number of carbonyl (C=O) groups excluding carboxylic acids is 2. The molecule has 2 rings (SSSR count). The predicted octanol–water partition coefficient (Wildman–Crippen LogP) is 7.33. The van der Waals surface area contributed by atoms with Crippen LogP contribution in [0.5, 0.6) is 0 Å². The van der Waals surface area contributed by atoms with Crippen LogP contribution in [0.4, 0.5) is 0 Å². The van der Waals surface area contributed by atoms with E-state index >= 15 is 0 Å². The Bertz CT molecular complexity index is 1100. The van der Waals surface area contributed by atoms with Crippen molar-refractivity contribution in [1.82, 2.24) is 0 Å². The SMILES string of the molecule is CCCCCCCCC(C)CCCCCCCC(=O)OCC1OC(OC2C(O)C(O)C(O)C(O)C2O)C(O)C(O)C1OC(=O)CCCCCCCCCC(C)CCCCCC. The van der Waals surface area contributed by atoms with E-state index < -0.39 is 85.9 Å². The van der Waals surface area contributed by atoms with Gasteiger partial charge in [-0.05, 0) is 24.7 Å². The maximum atomic E-state index is 13.0. The van der Waals surface area contributed by atoms with Crippen LogP contribution >= 0.6 is 0 Å². The summed E-state index contributed by atoms with van der Waals surface area (Å²) in [6.07, 6.45) is 11.1. The van der Waals surface area contributed by atoms with E-state index in [1.807, 2.05) is 0 Å². The van der Waals surface area contributed by atoms with Gasteiger partial charge in [0, 0.05) is 12.8 Å². The number of ether oxygens (including phenoxy) is 4. The summed E-state index contributed by atoms with van der Waals surface area (Å²) in [5.41, 5.74) is 0. The van der Waals surface area contributed by atoms with Crippen LogP contribution in [0.15, 0.2) is 0 Å². The maximum absolute atomic E-state index is 13.0. The van der Waals surface area contributed by atoms with Crippen LogP contribution in [0.1, 0.15) is 207 Å². The summed E-state index contributed by atoms with van der Waals surface area (Å²) in [4.78, 5) is 25.8. The number of aliphatic hydroxyl groups is 7. The average molecular weight is 875 g/mol. The van der Waals surface area contributed by atoms with Gasteiger partial charge >= 0.3 is 11.9 Å². The van der Waals surface area contributed by atoms with Crippen molar-refractivity contribution in [3.63, 3.8) is 0 Å². The third-order valence-corrected chi connectivity index (χ3v) is 12.9. The molecule has 1 saturated heterocycles. The number of aliphatic hydroxyl groups excluding tert-OH is 7. The summed E-state index contributed by atoms with van der Waals surface area (Å²) in [6, 6.07) is 0. The van der Waals surface area contributed by atoms with Crippen molar-refractivity contribution in [1.29, 1.82) is 0 Å². The average Bonchev–Trinajstić information content (AvgIpc) is 3.24. The molecule has 0 aromatic rings. The van der Waals surface area contributed by atoms with E-state index in [9.17, 15) is 45.3 Å². The molecule has 11 unspecified atom stereocenters. The Labute approximate surface area is 368 Å². The predicted molar refractivity (Wildman–Crippen MR) is 235 cm³/mol. The van der Waals surface area contributed by atoms with Gasteiger partial charge in [-0.1, -0.05) is 182 Å². The summed E-state index contributed by atoms with van der Waals surface area (Å²) < 4.78 is 22.6. The van der Waals surface area contributed by atoms with Gasteiger partial charge < -0.3 is 54.7 Å². The van der Waals surface area contributed by atoms with Crippen molar-refractivity contribution >= 4 is 11.9 Å². The third-order valence-electron chi connectivity index (χ3n) is 12.9. The Morgan fingerprint density at radius 1 is 0.459 bits per heavy atom. The Morgan fingerprint density at radius 3 is 1.28 bits per heavy atom. The summed E-state index contributed by atoms with van der Waals surface area (Å²) in [5, 5.41) is 73.6. The second-order valence-corrected chi connectivity index (χ2v) is 18.7. The highest BCUT2D eigenvalue weighted by Crippen LogP contribution is 2.31. The zero-order valence-electron chi connectivity index (χ0n) is 38.6. The van der Waals surface area contributed by atoms with Crippen LogP contribution in [0.3, 0.4) is 0 Å². The van der Waals surface area contributed by atoms with E-state index in [1.165, 1.54) is 109 Å². The van der Waals surface area contributed by atoms with Crippen molar-refractivity contribution in [3.05, 3.63) is 0 Å².